The van der Waals surface area contributed by atoms with E-state index >= 15 is 0 Å². The van der Waals surface area contributed by atoms with Crippen molar-refractivity contribution in [3.05, 3.63) is 93.8 Å². The van der Waals surface area contributed by atoms with E-state index in [-0.39, 0.29) is 18.0 Å². The number of amides is 1. The smallest absolute Gasteiger partial charge is 0.266 e. The van der Waals surface area contributed by atoms with E-state index in [0.29, 0.717) is 33.3 Å². The molecule has 1 amide bonds. The normalized spacial score (nSPS) is 10.9. The van der Waals surface area contributed by atoms with Gasteiger partial charge in [-0.1, -0.05) is 48.0 Å². The van der Waals surface area contributed by atoms with E-state index in [4.69, 9.17) is 21.1 Å². The molecule has 0 heterocycles. The van der Waals surface area contributed by atoms with Crippen molar-refractivity contribution in [2.75, 3.05) is 12.4 Å². The van der Waals surface area contributed by atoms with E-state index in [1.165, 1.54) is 19.3 Å². The molecule has 0 unspecified atom stereocenters. The lowest BCUT2D eigenvalue weighted by Gasteiger charge is -2.12. The minimum absolute atomic E-state index is 0.0290. The molecule has 5 nitrogen and oxygen atoms in total. The molecule has 0 aliphatic carbocycles. The van der Waals surface area contributed by atoms with Crippen molar-refractivity contribution in [2.24, 2.45) is 0 Å². The molecule has 0 saturated carbocycles. The quantitative estimate of drug-likeness (QED) is 0.358. The number of methoxy groups -OCH3 is 1. The van der Waals surface area contributed by atoms with Gasteiger partial charge in [0.15, 0.2) is 11.5 Å². The van der Waals surface area contributed by atoms with E-state index in [2.05, 4.69) is 5.32 Å². The maximum absolute atomic E-state index is 13.8. The number of hydrogen-bond acceptors (Lipinski definition) is 4. The monoisotopic (exact) mass is 450 g/mol. The van der Waals surface area contributed by atoms with Crippen molar-refractivity contribution in [3.8, 4) is 17.6 Å². The average Bonchev–Trinajstić information content (AvgIpc) is 2.79. The standard InChI is InChI=1S/C25H20ClFN2O3/c1-16-6-5-8-20(26)24(16)29-25(30)19(14-28)12-17-10-11-22(23(13-17)31-2)32-15-18-7-3-4-9-21(18)27/h3-13H,15H2,1-2H3,(H,29,30)/b19-12+. The zero-order valence-corrected chi connectivity index (χ0v) is 18.2. The summed E-state index contributed by atoms with van der Waals surface area (Å²) in [5.74, 6) is -0.149. The first-order valence-electron chi connectivity index (χ1n) is 9.65. The third kappa shape index (κ3) is 5.45. The molecule has 0 fully saturated rings. The lowest BCUT2D eigenvalue weighted by Crippen LogP contribution is -2.14. The third-order valence-electron chi connectivity index (χ3n) is 4.67. The maximum atomic E-state index is 13.8. The summed E-state index contributed by atoms with van der Waals surface area (Å²) >= 11 is 6.15. The predicted molar refractivity (Wildman–Crippen MR) is 122 cm³/mol. The van der Waals surface area contributed by atoms with Crippen molar-refractivity contribution in [1.82, 2.24) is 0 Å². The summed E-state index contributed by atoms with van der Waals surface area (Å²) in [5.41, 5.74) is 2.10. The zero-order chi connectivity index (χ0) is 23.1. The van der Waals surface area contributed by atoms with Gasteiger partial charge in [-0.2, -0.15) is 5.26 Å². The summed E-state index contributed by atoms with van der Waals surface area (Å²) in [7, 11) is 1.47. The van der Waals surface area contributed by atoms with Crippen molar-refractivity contribution < 1.29 is 18.7 Å². The van der Waals surface area contributed by atoms with E-state index in [0.717, 1.165) is 5.56 Å². The number of nitrogens with zero attached hydrogens (tertiary/aromatic N) is 1. The van der Waals surface area contributed by atoms with Crippen LogP contribution in [0.2, 0.25) is 5.02 Å². The first-order chi connectivity index (χ1) is 15.4. The van der Waals surface area contributed by atoms with Crippen LogP contribution < -0.4 is 14.8 Å². The average molecular weight is 451 g/mol. The molecule has 1 N–H and O–H groups in total. The van der Waals surface area contributed by atoms with Crippen LogP contribution in [0.4, 0.5) is 10.1 Å². The number of benzene rings is 3. The highest BCUT2D eigenvalue weighted by atomic mass is 35.5. The van der Waals surface area contributed by atoms with Crippen LogP contribution in [0.1, 0.15) is 16.7 Å². The summed E-state index contributed by atoms with van der Waals surface area (Å²) in [4.78, 5) is 12.6. The first-order valence-corrected chi connectivity index (χ1v) is 10.0. The topological polar surface area (TPSA) is 71.3 Å². The van der Waals surface area contributed by atoms with E-state index < -0.39 is 5.91 Å². The number of rotatable bonds is 7. The van der Waals surface area contributed by atoms with Crippen molar-refractivity contribution in [2.45, 2.75) is 13.5 Å². The van der Waals surface area contributed by atoms with E-state index in [9.17, 15) is 14.4 Å². The summed E-state index contributed by atoms with van der Waals surface area (Å²) in [6.45, 7) is 1.84. The highest BCUT2D eigenvalue weighted by molar-refractivity contribution is 6.34. The molecule has 3 rings (SSSR count). The van der Waals surface area contributed by atoms with Gasteiger partial charge in [-0.3, -0.25) is 4.79 Å². The number of halogens is 2. The molecule has 0 aromatic heterocycles. The first kappa shape index (κ1) is 22.9. The molecule has 0 aliphatic rings. The predicted octanol–water partition coefficient (Wildman–Crippen LogP) is 5.92. The Labute approximate surface area is 190 Å². The number of ether oxygens (including phenoxy) is 2. The fourth-order valence-corrected chi connectivity index (χ4v) is 3.22. The molecule has 0 aliphatic heterocycles. The van der Waals surface area contributed by atoms with Crippen LogP contribution >= 0.6 is 11.6 Å². The number of anilines is 1. The van der Waals surface area contributed by atoms with Gasteiger partial charge >= 0.3 is 0 Å². The zero-order valence-electron chi connectivity index (χ0n) is 17.5. The fourth-order valence-electron chi connectivity index (χ4n) is 2.95. The Bertz CT molecular complexity index is 1200. The molecule has 0 atom stereocenters. The van der Waals surface area contributed by atoms with Crippen LogP contribution in [0.5, 0.6) is 11.5 Å². The Balaban J connectivity index is 1.79. The molecule has 0 radical (unpaired) electrons. The third-order valence-corrected chi connectivity index (χ3v) is 4.98. The molecule has 3 aromatic carbocycles. The van der Waals surface area contributed by atoms with Gasteiger partial charge in [0, 0.05) is 5.56 Å². The lowest BCUT2D eigenvalue weighted by molar-refractivity contribution is -0.112. The van der Waals surface area contributed by atoms with Gasteiger partial charge in [-0.05, 0) is 48.4 Å². The van der Waals surface area contributed by atoms with Crippen molar-refractivity contribution in [3.63, 3.8) is 0 Å². The van der Waals surface area contributed by atoms with Crippen LogP contribution in [0, 0.1) is 24.1 Å². The maximum Gasteiger partial charge on any atom is 0.266 e. The van der Waals surface area contributed by atoms with Gasteiger partial charge < -0.3 is 14.8 Å². The Morgan fingerprint density at radius 3 is 2.62 bits per heavy atom. The van der Waals surface area contributed by atoms with Gasteiger partial charge in [0.25, 0.3) is 5.91 Å². The lowest BCUT2D eigenvalue weighted by atomic mass is 10.1. The molecule has 7 heteroatoms. The van der Waals surface area contributed by atoms with Gasteiger partial charge in [0.05, 0.1) is 17.8 Å². The Morgan fingerprint density at radius 1 is 1.16 bits per heavy atom. The highest BCUT2D eigenvalue weighted by Gasteiger charge is 2.14. The summed E-state index contributed by atoms with van der Waals surface area (Å²) < 4.78 is 24.9. The molecule has 0 bridgehead atoms. The number of aryl methyl sites for hydroxylation is 1. The summed E-state index contributed by atoms with van der Waals surface area (Å²) in [6, 6.07) is 18.4. The molecular formula is C25H20ClFN2O3. The highest BCUT2D eigenvalue weighted by Crippen LogP contribution is 2.30. The van der Waals surface area contributed by atoms with Crippen LogP contribution in [-0.2, 0) is 11.4 Å². The van der Waals surface area contributed by atoms with Crippen molar-refractivity contribution >= 4 is 29.3 Å². The van der Waals surface area contributed by atoms with Crippen LogP contribution in [0.3, 0.4) is 0 Å². The van der Waals surface area contributed by atoms with E-state index in [1.807, 2.05) is 19.1 Å². The van der Waals surface area contributed by atoms with Crippen LogP contribution in [0.25, 0.3) is 6.08 Å². The van der Waals surface area contributed by atoms with Crippen LogP contribution in [-0.4, -0.2) is 13.0 Å². The van der Waals surface area contributed by atoms with E-state index in [1.54, 1.807) is 48.5 Å². The number of hydrogen-bond donors (Lipinski definition) is 1. The SMILES string of the molecule is COc1cc(/C=C(\C#N)C(=O)Nc2c(C)cccc2Cl)ccc1OCc1ccccc1F. The molecule has 0 spiro atoms. The second-order valence-corrected chi connectivity index (χ2v) is 7.25. The molecule has 3 aromatic rings. The molecule has 0 saturated heterocycles. The van der Waals surface area contributed by atoms with Gasteiger partial charge in [-0.25, -0.2) is 4.39 Å². The van der Waals surface area contributed by atoms with Gasteiger partial charge in [0.2, 0.25) is 0 Å². The summed E-state index contributed by atoms with van der Waals surface area (Å²) in [6.07, 6.45) is 1.44. The molecule has 162 valence electrons. The largest absolute Gasteiger partial charge is 0.493 e. The number of para-hydroxylation sites is 1. The number of carbonyl (C=O) groups is 1. The Kier molecular flexibility index (Phi) is 7.48. The molecule has 32 heavy (non-hydrogen) atoms. The van der Waals surface area contributed by atoms with Crippen LogP contribution in [0.15, 0.2) is 66.2 Å². The molecular weight excluding hydrogens is 431 g/mol. The second kappa shape index (κ2) is 10.5. The Hall–Kier alpha value is -3.82. The minimum Gasteiger partial charge on any atom is -0.493 e. The van der Waals surface area contributed by atoms with Gasteiger partial charge in [-0.15, -0.1) is 0 Å². The Morgan fingerprint density at radius 2 is 1.94 bits per heavy atom. The second-order valence-electron chi connectivity index (χ2n) is 6.85. The van der Waals surface area contributed by atoms with Crippen molar-refractivity contribution in [1.29, 1.82) is 5.26 Å². The number of carbonyl (C=O) groups excluding carboxylic acids is 1. The number of nitriles is 1. The fraction of sp³-hybridized carbons (Fsp3) is 0.120. The van der Waals surface area contributed by atoms with Gasteiger partial charge in [0.1, 0.15) is 24.1 Å². The minimum atomic E-state index is -0.581. The summed E-state index contributed by atoms with van der Waals surface area (Å²) in [5, 5.41) is 12.6. The number of nitrogens with one attached hydrogen (secondary N) is 1.